The summed E-state index contributed by atoms with van der Waals surface area (Å²) in [5.41, 5.74) is 0.0748. The molecule has 1 aliphatic rings. The van der Waals surface area contributed by atoms with Crippen LogP contribution in [-0.2, 0) is 0 Å². The Labute approximate surface area is 104 Å². The fraction of sp³-hybridized carbons (Fsp3) is 0.538. The second kappa shape index (κ2) is 5.71. The van der Waals surface area contributed by atoms with Gasteiger partial charge in [-0.05, 0) is 37.1 Å². The van der Waals surface area contributed by atoms with Crippen molar-refractivity contribution in [2.24, 2.45) is 0 Å². The molecule has 0 radical (unpaired) electrons. The van der Waals surface area contributed by atoms with Crippen molar-refractivity contribution in [3.63, 3.8) is 0 Å². The highest BCUT2D eigenvalue weighted by Gasteiger charge is 2.24. The number of rotatable bonds is 2. The first-order valence-corrected chi connectivity index (χ1v) is 6.15. The van der Waals surface area contributed by atoms with Gasteiger partial charge in [-0.3, -0.25) is 0 Å². The third-order valence-corrected chi connectivity index (χ3v) is 3.33. The molecule has 0 bridgehead atoms. The second-order valence-electron chi connectivity index (χ2n) is 4.65. The highest BCUT2D eigenvalue weighted by Crippen LogP contribution is 2.25. The number of nitrogens with one attached hydrogen (secondary N) is 1. The maximum atomic E-state index is 13.1. The summed E-state index contributed by atoms with van der Waals surface area (Å²) in [6.45, 7) is 0.772. The predicted molar refractivity (Wildman–Crippen MR) is 61.5 cm³/mol. The minimum atomic E-state index is -1.50. The molecule has 0 saturated carbocycles. The van der Waals surface area contributed by atoms with Gasteiger partial charge in [0.25, 0.3) is 0 Å². The topological polar surface area (TPSA) is 32.3 Å². The van der Waals surface area contributed by atoms with Gasteiger partial charge >= 0.3 is 0 Å². The number of halogens is 3. The molecule has 2 unspecified atom stereocenters. The van der Waals surface area contributed by atoms with E-state index in [9.17, 15) is 18.3 Å². The van der Waals surface area contributed by atoms with Crippen LogP contribution in [0.5, 0.6) is 0 Å². The Morgan fingerprint density at radius 1 is 1.11 bits per heavy atom. The standard InChI is InChI=1S/C13H16F3NO/c14-9-6-8(7-10(15)12(9)16)13(18)11-4-2-1-3-5-17-11/h6-7,11,13,17-18H,1-5H2. The smallest absolute Gasteiger partial charge is 0.194 e. The Kier molecular flexibility index (Phi) is 4.24. The molecule has 18 heavy (non-hydrogen) atoms. The minimum absolute atomic E-state index is 0.0748. The molecule has 0 aliphatic carbocycles. The largest absolute Gasteiger partial charge is 0.387 e. The number of benzene rings is 1. The third kappa shape index (κ3) is 2.84. The number of aliphatic hydroxyl groups is 1. The van der Waals surface area contributed by atoms with E-state index in [0.29, 0.717) is 0 Å². The summed E-state index contributed by atoms with van der Waals surface area (Å²) in [5.74, 6) is -4.03. The molecule has 1 fully saturated rings. The zero-order valence-electron chi connectivity index (χ0n) is 9.93. The van der Waals surface area contributed by atoms with Gasteiger partial charge in [-0.15, -0.1) is 0 Å². The monoisotopic (exact) mass is 259 g/mol. The van der Waals surface area contributed by atoms with Crippen LogP contribution >= 0.6 is 0 Å². The summed E-state index contributed by atoms with van der Waals surface area (Å²) in [5, 5.41) is 13.2. The molecule has 0 amide bonds. The summed E-state index contributed by atoms with van der Waals surface area (Å²) in [4.78, 5) is 0. The number of aliphatic hydroxyl groups excluding tert-OH is 1. The van der Waals surface area contributed by atoms with Gasteiger partial charge in [-0.25, -0.2) is 13.2 Å². The average Bonchev–Trinajstić information content (AvgIpc) is 2.63. The molecule has 1 aromatic carbocycles. The van der Waals surface area contributed by atoms with Gasteiger partial charge in [-0.2, -0.15) is 0 Å². The zero-order chi connectivity index (χ0) is 13.1. The van der Waals surface area contributed by atoms with Gasteiger partial charge in [0.2, 0.25) is 0 Å². The lowest BCUT2D eigenvalue weighted by Gasteiger charge is -2.22. The minimum Gasteiger partial charge on any atom is -0.387 e. The Morgan fingerprint density at radius 2 is 1.78 bits per heavy atom. The molecule has 0 spiro atoms. The lowest BCUT2D eigenvalue weighted by atomic mass is 9.98. The average molecular weight is 259 g/mol. The molecule has 1 aliphatic heterocycles. The molecule has 2 N–H and O–H groups in total. The van der Waals surface area contributed by atoms with Crippen LogP contribution in [0.3, 0.4) is 0 Å². The lowest BCUT2D eigenvalue weighted by molar-refractivity contribution is 0.125. The maximum absolute atomic E-state index is 13.1. The first-order chi connectivity index (χ1) is 8.59. The fourth-order valence-corrected chi connectivity index (χ4v) is 2.30. The van der Waals surface area contributed by atoms with Gasteiger partial charge in [0.15, 0.2) is 17.5 Å². The van der Waals surface area contributed by atoms with E-state index in [1.807, 2.05) is 0 Å². The second-order valence-corrected chi connectivity index (χ2v) is 4.65. The van der Waals surface area contributed by atoms with E-state index < -0.39 is 23.6 Å². The molecular formula is C13H16F3NO. The van der Waals surface area contributed by atoms with E-state index in [-0.39, 0.29) is 11.6 Å². The Hall–Kier alpha value is -1.07. The molecular weight excluding hydrogens is 243 g/mol. The Balaban J connectivity index is 2.19. The van der Waals surface area contributed by atoms with Crippen molar-refractivity contribution in [3.8, 4) is 0 Å². The molecule has 1 heterocycles. The van der Waals surface area contributed by atoms with E-state index in [0.717, 1.165) is 44.4 Å². The van der Waals surface area contributed by atoms with Crippen LogP contribution in [-0.4, -0.2) is 17.7 Å². The van der Waals surface area contributed by atoms with Crippen molar-refractivity contribution in [2.45, 2.75) is 37.8 Å². The summed E-state index contributed by atoms with van der Waals surface area (Å²) in [6, 6.07) is 1.47. The third-order valence-electron chi connectivity index (χ3n) is 3.33. The fourth-order valence-electron chi connectivity index (χ4n) is 2.30. The van der Waals surface area contributed by atoms with Gasteiger partial charge in [0.05, 0.1) is 6.10 Å². The van der Waals surface area contributed by atoms with Gasteiger partial charge < -0.3 is 10.4 Å². The quantitative estimate of drug-likeness (QED) is 0.800. The summed E-state index contributed by atoms with van der Waals surface area (Å²) in [6.07, 6.45) is 2.77. The highest BCUT2D eigenvalue weighted by molar-refractivity contribution is 5.22. The number of hydrogen-bond donors (Lipinski definition) is 2. The van der Waals surface area contributed by atoms with Crippen molar-refractivity contribution in [2.75, 3.05) is 6.54 Å². The summed E-state index contributed by atoms with van der Waals surface area (Å²) in [7, 11) is 0. The lowest BCUT2D eigenvalue weighted by Crippen LogP contribution is -2.34. The molecule has 100 valence electrons. The zero-order valence-corrected chi connectivity index (χ0v) is 9.93. The molecule has 1 aromatic rings. The van der Waals surface area contributed by atoms with Crippen molar-refractivity contribution in [1.82, 2.24) is 5.32 Å². The Morgan fingerprint density at radius 3 is 2.44 bits per heavy atom. The van der Waals surface area contributed by atoms with E-state index in [2.05, 4.69) is 5.32 Å². The van der Waals surface area contributed by atoms with Gasteiger partial charge in [0, 0.05) is 6.04 Å². The van der Waals surface area contributed by atoms with Crippen molar-refractivity contribution >= 4 is 0 Å². The molecule has 5 heteroatoms. The maximum Gasteiger partial charge on any atom is 0.194 e. The molecule has 1 saturated heterocycles. The van der Waals surface area contributed by atoms with Crippen LogP contribution in [0.15, 0.2) is 12.1 Å². The van der Waals surface area contributed by atoms with Crippen LogP contribution in [0.4, 0.5) is 13.2 Å². The highest BCUT2D eigenvalue weighted by atomic mass is 19.2. The van der Waals surface area contributed by atoms with Crippen molar-refractivity contribution < 1.29 is 18.3 Å². The Bertz CT molecular complexity index is 394. The van der Waals surface area contributed by atoms with E-state index in [4.69, 9.17) is 0 Å². The van der Waals surface area contributed by atoms with E-state index in [1.165, 1.54) is 0 Å². The van der Waals surface area contributed by atoms with Crippen molar-refractivity contribution in [3.05, 3.63) is 35.1 Å². The molecule has 2 rings (SSSR count). The first-order valence-electron chi connectivity index (χ1n) is 6.15. The van der Waals surface area contributed by atoms with Gasteiger partial charge in [-0.1, -0.05) is 12.8 Å². The van der Waals surface area contributed by atoms with E-state index >= 15 is 0 Å². The van der Waals surface area contributed by atoms with Crippen LogP contribution in [0.25, 0.3) is 0 Å². The molecule has 0 aromatic heterocycles. The van der Waals surface area contributed by atoms with Crippen LogP contribution in [0.2, 0.25) is 0 Å². The normalized spacial score (nSPS) is 22.6. The van der Waals surface area contributed by atoms with Gasteiger partial charge in [0.1, 0.15) is 0 Å². The molecule has 2 atom stereocenters. The summed E-state index contributed by atoms with van der Waals surface area (Å²) >= 11 is 0. The van der Waals surface area contributed by atoms with Crippen LogP contribution in [0.1, 0.15) is 37.4 Å². The van der Waals surface area contributed by atoms with E-state index in [1.54, 1.807) is 0 Å². The predicted octanol–water partition coefficient (Wildman–Crippen LogP) is 2.67. The molecule has 2 nitrogen and oxygen atoms in total. The van der Waals surface area contributed by atoms with Crippen LogP contribution in [0, 0.1) is 17.5 Å². The van der Waals surface area contributed by atoms with Crippen LogP contribution < -0.4 is 5.32 Å². The first kappa shape index (κ1) is 13.4. The number of hydrogen-bond acceptors (Lipinski definition) is 2. The summed E-state index contributed by atoms with van der Waals surface area (Å²) < 4.78 is 39.0. The SMILES string of the molecule is OC(c1cc(F)c(F)c(F)c1)C1CCCCCN1. The van der Waals surface area contributed by atoms with Crippen molar-refractivity contribution in [1.29, 1.82) is 0 Å².